The second kappa shape index (κ2) is 11.0. The van der Waals surface area contributed by atoms with E-state index in [2.05, 4.69) is 27.6 Å². The van der Waals surface area contributed by atoms with Gasteiger partial charge in [0.05, 0.1) is 11.8 Å². The van der Waals surface area contributed by atoms with Gasteiger partial charge in [-0.1, -0.05) is 6.92 Å². The lowest BCUT2D eigenvalue weighted by Crippen LogP contribution is -2.35. The molecule has 2 aliphatic rings. The highest BCUT2D eigenvalue weighted by Crippen LogP contribution is 2.27. The summed E-state index contributed by atoms with van der Waals surface area (Å²) in [6, 6.07) is 7.86. The Kier molecular flexibility index (Phi) is 7.84. The Labute approximate surface area is 201 Å². The molecule has 0 spiro atoms. The van der Waals surface area contributed by atoms with Gasteiger partial charge < -0.3 is 31.1 Å². The molecule has 0 radical (unpaired) electrons. The van der Waals surface area contributed by atoms with Crippen LogP contribution in [0.25, 0.3) is 0 Å². The van der Waals surface area contributed by atoms with Crippen LogP contribution in [0.5, 0.6) is 5.75 Å². The van der Waals surface area contributed by atoms with E-state index in [1.54, 1.807) is 0 Å². The van der Waals surface area contributed by atoms with Crippen molar-refractivity contribution in [3.63, 3.8) is 0 Å². The van der Waals surface area contributed by atoms with Crippen LogP contribution in [0.1, 0.15) is 61.6 Å². The van der Waals surface area contributed by atoms with Crippen molar-refractivity contribution in [2.45, 2.75) is 70.1 Å². The minimum Gasteiger partial charge on any atom is -0.490 e. The molecule has 1 saturated heterocycles. The normalized spacial score (nSPS) is 21.7. The van der Waals surface area contributed by atoms with Crippen molar-refractivity contribution in [2.24, 2.45) is 5.73 Å². The van der Waals surface area contributed by atoms with Crippen molar-refractivity contribution in [3.8, 4) is 5.75 Å². The lowest BCUT2D eigenvalue weighted by Gasteiger charge is -2.29. The van der Waals surface area contributed by atoms with Gasteiger partial charge in [0.25, 0.3) is 5.91 Å². The first-order valence-electron chi connectivity index (χ1n) is 12.3. The lowest BCUT2D eigenvalue weighted by atomic mass is 9.93. The number of benzene rings is 1. The van der Waals surface area contributed by atoms with Crippen LogP contribution in [0.2, 0.25) is 0 Å². The number of rotatable bonds is 8. The summed E-state index contributed by atoms with van der Waals surface area (Å²) in [7, 11) is 2.13. The van der Waals surface area contributed by atoms with E-state index in [4.69, 9.17) is 15.5 Å². The number of ether oxygens (including phenoxy) is 1. The SMILES string of the molecule is CCc1nc(C(N)=O)c(Nc2ccc(OC3CCN(C)CC3)cc2)nc1NC1CCC(O)CC1. The summed E-state index contributed by atoms with van der Waals surface area (Å²) in [5.41, 5.74) is 7.21. The highest BCUT2D eigenvalue weighted by molar-refractivity contribution is 5.96. The number of nitrogens with zero attached hydrogens (tertiary/aromatic N) is 3. The molecule has 9 heteroatoms. The molecule has 184 valence electrons. The number of hydrogen-bond donors (Lipinski definition) is 4. The molecule has 0 bridgehead atoms. The Hall–Kier alpha value is -2.91. The smallest absolute Gasteiger partial charge is 0.271 e. The molecule has 0 unspecified atom stereocenters. The van der Waals surface area contributed by atoms with Gasteiger partial charge >= 0.3 is 0 Å². The number of amides is 1. The van der Waals surface area contributed by atoms with E-state index in [0.717, 1.165) is 63.1 Å². The van der Waals surface area contributed by atoms with Gasteiger partial charge in [-0.3, -0.25) is 4.79 Å². The molecule has 1 amide bonds. The van der Waals surface area contributed by atoms with E-state index in [9.17, 15) is 9.90 Å². The molecule has 34 heavy (non-hydrogen) atoms. The number of hydrogen-bond acceptors (Lipinski definition) is 8. The molecule has 5 N–H and O–H groups in total. The Morgan fingerprint density at radius 3 is 2.38 bits per heavy atom. The van der Waals surface area contributed by atoms with Crippen molar-refractivity contribution in [2.75, 3.05) is 30.8 Å². The number of aliphatic hydroxyl groups excluding tert-OH is 1. The summed E-state index contributed by atoms with van der Waals surface area (Å²) in [4.78, 5) is 23.7. The second-order valence-electron chi connectivity index (χ2n) is 9.35. The van der Waals surface area contributed by atoms with E-state index in [0.29, 0.717) is 23.8 Å². The third-order valence-corrected chi connectivity index (χ3v) is 6.66. The summed E-state index contributed by atoms with van der Waals surface area (Å²) in [6.45, 7) is 4.07. The highest BCUT2D eigenvalue weighted by Gasteiger charge is 2.23. The van der Waals surface area contributed by atoms with E-state index >= 15 is 0 Å². The zero-order chi connectivity index (χ0) is 24.1. The van der Waals surface area contributed by atoms with Gasteiger partial charge in [-0.05, 0) is 76.3 Å². The fourth-order valence-electron chi connectivity index (χ4n) is 4.55. The molecule has 1 aliphatic carbocycles. The first-order chi connectivity index (χ1) is 16.4. The molecule has 2 aromatic rings. The number of nitrogens with two attached hydrogens (primary N) is 1. The average Bonchev–Trinajstić information content (AvgIpc) is 2.83. The van der Waals surface area contributed by atoms with Crippen molar-refractivity contribution in [3.05, 3.63) is 35.7 Å². The van der Waals surface area contributed by atoms with Crippen LogP contribution >= 0.6 is 0 Å². The predicted molar refractivity (Wildman–Crippen MR) is 133 cm³/mol. The Morgan fingerprint density at radius 2 is 1.76 bits per heavy atom. The zero-order valence-corrected chi connectivity index (χ0v) is 20.1. The number of likely N-dealkylation sites (tertiary alicyclic amines) is 1. The summed E-state index contributed by atoms with van der Waals surface area (Å²) in [5, 5.41) is 16.5. The first-order valence-corrected chi connectivity index (χ1v) is 12.3. The molecule has 1 saturated carbocycles. The molecular weight excluding hydrogens is 432 g/mol. The van der Waals surface area contributed by atoms with Gasteiger partial charge in [0.15, 0.2) is 11.5 Å². The van der Waals surface area contributed by atoms with Crippen molar-refractivity contribution in [1.29, 1.82) is 0 Å². The number of piperidine rings is 1. The van der Waals surface area contributed by atoms with Gasteiger partial charge in [-0.2, -0.15) is 0 Å². The molecule has 0 atom stereocenters. The molecule has 2 fully saturated rings. The molecule has 2 heterocycles. The molecular formula is C25H36N6O3. The van der Waals surface area contributed by atoms with E-state index in [1.807, 2.05) is 31.2 Å². The quantitative estimate of drug-likeness (QED) is 0.466. The third kappa shape index (κ3) is 6.15. The summed E-state index contributed by atoms with van der Waals surface area (Å²) >= 11 is 0. The van der Waals surface area contributed by atoms with Gasteiger partial charge in [0, 0.05) is 24.8 Å². The van der Waals surface area contributed by atoms with Crippen LogP contribution in [0, 0.1) is 0 Å². The van der Waals surface area contributed by atoms with Crippen LogP contribution in [0.4, 0.5) is 17.3 Å². The minimum absolute atomic E-state index is 0.119. The maximum atomic E-state index is 12.1. The highest BCUT2D eigenvalue weighted by atomic mass is 16.5. The number of aliphatic hydroxyl groups is 1. The van der Waals surface area contributed by atoms with E-state index in [-0.39, 0.29) is 23.9 Å². The molecule has 1 aliphatic heterocycles. The van der Waals surface area contributed by atoms with Crippen LogP contribution in [-0.2, 0) is 6.42 Å². The summed E-state index contributed by atoms with van der Waals surface area (Å²) in [5.74, 6) is 1.18. The van der Waals surface area contributed by atoms with Crippen LogP contribution in [0.3, 0.4) is 0 Å². The zero-order valence-electron chi connectivity index (χ0n) is 20.1. The van der Waals surface area contributed by atoms with Gasteiger partial charge in [0.1, 0.15) is 17.7 Å². The Balaban J connectivity index is 1.48. The Bertz CT molecular complexity index is 967. The van der Waals surface area contributed by atoms with Gasteiger partial charge in [-0.25, -0.2) is 9.97 Å². The van der Waals surface area contributed by atoms with E-state index in [1.165, 1.54) is 0 Å². The van der Waals surface area contributed by atoms with Crippen molar-refractivity contribution in [1.82, 2.24) is 14.9 Å². The topological polar surface area (TPSA) is 126 Å². The Morgan fingerprint density at radius 1 is 1.09 bits per heavy atom. The average molecular weight is 469 g/mol. The molecule has 1 aromatic heterocycles. The van der Waals surface area contributed by atoms with Crippen LogP contribution in [0.15, 0.2) is 24.3 Å². The second-order valence-corrected chi connectivity index (χ2v) is 9.35. The fraction of sp³-hybridized carbons (Fsp3) is 0.560. The number of nitrogens with one attached hydrogen (secondary N) is 2. The lowest BCUT2D eigenvalue weighted by molar-refractivity contribution is 0.0995. The summed E-state index contributed by atoms with van der Waals surface area (Å²) in [6.07, 6.45) is 5.94. The number of anilines is 3. The maximum absolute atomic E-state index is 12.1. The monoisotopic (exact) mass is 468 g/mol. The van der Waals surface area contributed by atoms with E-state index < -0.39 is 5.91 Å². The molecule has 1 aromatic carbocycles. The number of aryl methyl sites for hydroxylation is 1. The number of carbonyl (C=O) groups excluding carboxylic acids is 1. The maximum Gasteiger partial charge on any atom is 0.271 e. The first kappa shape index (κ1) is 24.2. The summed E-state index contributed by atoms with van der Waals surface area (Å²) < 4.78 is 6.13. The minimum atomic E-state index is -0.626. The van der Waals surface area contributed by atoms with Crippen molar-refractivity contribution >= 4 is 23.2 Å². The van der Waals surface area contributed by atoms with Crippen LogP contribution < -0.4 is 21.1 Å². The van der Waals surface area contributed by atoms with Crippen LogP contribution in [-0.4, -0.2) is 64.3 Å². The standard InChI is InChI=1S/C25H36N6O3/c1-3-21-24(27-16-4-8-18(32)9-5-16)30-25(22(29-21)23(26)33)28-17-6-10-19(11-7-17)34-20-12-14-31(2)15-13-20/h6-7,10-11,16,18,20,32H,3-5,8-9,12-15H2,1-2H3,(H2,26,33)(H2,27,28,30). The fourth-order valence-corrected chi connectivity index (χ4v) is 4.55. The van der Waals surface area contributed by atoms with Gasteiger partial charge in [-0.15, -0.1) is 0 Å². The van der Waals surface area contributed by atoms with Gasteiger partial charge in [0.2, 0.25) is 0 Å². The third-order valence-electron chi connectivity index (χ3n) is 6.66. The predicted octanol–water partition coefficient (Wildman–Crippen LogP) is 3.07. The largest absolute Gasteiger partial charge is 0.490 e. The molecule has 9 nitrogen and oxygen atoms in total. The van der Waals surface area contributed by atoms with Crippen molar-refractivity contribution < 1.29 is 14.6 Å². The number of carbonyl (C=O) groups is 1. The molecule has 4 rings (SSSR count). The number of aromatic nitrogens is 2. The number of primary amides is 1.